The third-order valence-corrected chi connectivity index (χ3v) is 4.09. The Bertz CT molecular complexity index is 893. The molecule has 0 saturated carbocycles. The van der Waals surface area contributed by atoms with Gasteiger partial charge in [-0.2, -0.15) is 5.26 Å². The number of ether oxygens (including phenoxy) is 3. The molecule has 7 heteroatoms. The Balaban J connectivity index is 2.14. The maximum atomic E-state index is 9.64. The van der Waals surface area contributed by atoms with Crippen LogP contribution in [0.3, 0.4) is 0 Å². The van der Waals surface area contributed by atoms with E-state index in [1.165, 1.54) is 0 Å². The molecule has 0 amide bonds. The van der Waals surface area contributed by atoms with Gasteiger partial charge in [-0.3, -0.25) is 5.10 Å². The van der Waals surface area contributed by atoms with Gasteiger partial charge in [0.2, 0.25) is 11.8 Å². The van der Waals surface area contributed by atoms with Gasteiger partial charge < -0.3 is 19.9 Å². The second kappa shape index (κ2) is 7.00. The number of nitrogens with two attached hydrogens (primary N) is 1. The number of nitrogens with one attached hydrogen (secondary N) is 1. The lowest BCUT2D eigenvalue weighted by Crippen LogP contribution is -2.21. The Hall–Kier alpha value is -3.14. The molecule has 0 saturated heterocycles. The minimum absolute atomic E-state index is 0.0241. The molecule has 136 valence electrons. The van der Waals surface area contributed by atoms with Crippen LogP contribution in [0.1, 0.15) is 43.5 Å². The van der Waals surface area contributed by atoms with Crippen molar-refractivity contribution >= 4 is 0 Å². The predicted molar refractivity (Wildman–Crippen MR) is 96.0 cm³/mol. The molecule has 0 radical (unpaired) electrons. The van der Waals surface area contributed by atoms with Crippen molar-refractivity contribution in [1.82, 2.24) is 10.2 Å². The number of nitriles is 1. The molecule has 2 heterocycles. The third-order valence-electron chi connectivity index (χ3n) is 4.09. The summed E-state index contributed by atoms with van der Waals surface area (Å²) < 4.78 is 17.1. The number of aryl methyl sites for hydroxylation is 1. The number of benzene rings is 1. The number of fused-ring (bicyclic) bond motifs is 1. The van der Waals surface area contributed by atoms with Crippen molar-refractivity contribution in [3.63, 3.8) is 0 Å². The summed E-state index contributed by atoms with van der Waals surface area (Å²) in [6.07, 6.45) is 0.0241. The van der Waals surface area contributed by atoms with Crippen LogP contribution in [0, 0.1) is 18.3 Å². The fourth-order valence-corrected chi connectivity index (χ4v) is 3.06. The van der Waals surface area contributed by atoms with Crippen molar-refractivity contribution in [2.24, 2.45) is 5.73 Å². The SMILES string of the molecule is CCOc1cc(C2C(C#N)=C(N)Oc3n[nH]c(C)c32)ccc1OC(C)C. The van der Waals surface area contributed by atoms with Crippen molar-refractivity contribution in [2.45, 2.75) is 39.7 Å². The Morgan fingerprint density at radius 1 is 1.38 bits per heavy atom. The van der Waals surface area contributed by atoms with E-state index in [-0.39, 0.29) is 17.9 Å². The first-order valence-electron chi connectivity index (χ1n) is 8.52. The first kappa shape index (κ1) is 17.7. The number of H-pyrrole nitrogens is 1. The van der Waals surface area contributed by atoms with Crippen LogP contribution in [-0.2, 0) is 0 Å². The number of hydrogen-bond donors (Lipinski definition) is 2. The van der Waals surface area contributed by atoms with Gasteiger partial charge in [-0.05, 0) is 45.4 Å². The van der Waals surface area contributed by atoms with Crippen molar-refractivity contribution in [3.8, 4) is 23.4 Å². The zero-order valence-corrected chi connectivity index (χ0v) is 15.3. The average Bonchev–Trinajstić information content (AvgIpc) is 2.95. The van der Waals surface area contributed by atoms with E-state index in [1.807, 2.05) is 45.9 Å². The van der Waals surface area contributed by atoms with Crippen molar-refractivity contribution < 1.29 is 14.2 Å². The van der Waals surface area contributed by atoms with Gasteiger partial charge in [0.05, 0.1) is 18.6 Å². The number of aromatic nitrogens is 2. The van der Waals surface area contributed by atoms with Crippen LogP contribution in [0.25, 0.3) is 0 Å². The summed E-state index contributed by atoms with van der Waals surface area (Å²) >= 11 is 0. The lowest BCUT2D eigenvalue weighted by atomic mass is 9.84. The van der Waals surface area contributed by atoms with Gasteiger partial charge in [-0.1, -0.05) is 6.07 Å². The zero-order chi connectivity index (χ0) is 18.8. The molecule has 7 nitrogen and oxygen atoms in total. The van der Waals surface area contributed by atoms with Crippen LogP contribution in [0.5, 0.6) is 17.4 Å². The minimum atomic E-state index is -0.380. The molecule has 1 aromatic carbocycles. The number of hydrogen-bond acceptors (Lipinski definition) is 6. The quantitative estimate of drug-likeness (QED) is 0.854. The summed E-state index contributed by atoms with van der Waals surface area (Å²) in [4.78, 5) is 0. The molecule has 1 aliphatic heterocycles. The highest BCUT2D eigenvalue weighted by atomic mass is 16.5. The van der Waals surface area contributed by atoms with Crippen molar-refractivity contribution in [3.05, 3.63) is 46.5 Å². The Morgan fingerprint density at radius 2 is 2.15 bits per heavy atom. The summed E-state index contributed by atoms with van der Waals surface area (Å²) in [6.45, 7) is 8.22. The average molecular weight is 354 g/mol. The highest BCUT2D eigenvalue weighted by Gasteiger charge is 2.34. The van der Waals surface area contributed by atoms with Gasteiger partial charge in [0.1, 0.15) is 11.6 Å². The molecule has 1 aliphatic rings. The second-order valence-corrected chi connectivity index (χ2v) is 6.30. The van der Waals surface area contributed by atoms with Crippen LogP contribution in [0.2, 0.25) is 0 Å². The summed E-state index contributed by atoms with van der Waals surface area (Å²) in [7, 11) is 0. The van der Waals surface area contributed by atoms with E-state index in [2.05, 4.69) is 16.3 Å². The molecule has 0 fully saturated rings. The van der Waals surface area contributed by atoms with Gasteiger partial charge in [0.15, 0.2) is 11.5 Å². The first-order chi connectivity index (χ1) is 12.5. The normalized spacial score (nSPS) is 16.1. The molecule has 0 spiro atoms. The molecule has 1 unspecified atom stereocenters. The summed E-state index contributed by atoms with van der Waals surface area (Å²) in [6, 6.07) is 7.83. The van der Waals surface area contributed by atoms with Crippen LogP contribution < -0.4 is 19.9 Å². The highest BCUT2D eigenvalue weighted by Crippen LogP contribution is 2.44. The Morgan fingerprint density at radius 3 is 2.81 bits per heavy atom. The first-order valence-corrected chi connectivity index (χ1v) is 8.52. The van der Waals surface area contributed by atoms with Crippen LogP contribution in [-0.4, -0.2) is 22.9 Å². The molecule has 0 bridgehead atoms. The zero-order valence-electron chi connectivity index (χ0n) is 15.3. The van der Waals surface area contributed by atoms with Gasteiger partial charge in [0.25, 0.3) is 0 Å². The molecule has 1 aromatic heterocycles. The third kappa shape index (κ3) is 3.06. The smallest absolute Gasteiger partial charge is 0.244 e. The van der Waals surface area contributed by atoms with Gasteiger partial charge >= 0.3 is 0 Å². The second-order valence-electron chi connectivity index (χ2n) is 6.30. The molecule has 0 aliphatic carbocycles. The molecule has 1 atom stereocenters. The van der Waals surface area contributed by atoms with E-state index in [4.69, 9.17) is 19.9 Å². The number of aromatic amines is 1. The molecular weight excluding hydrogens is 332 g/mol. The topological polar surface area (TPSA) is 106 Å². The fraction of sp³-hybridized carbons (Fsp3) is 0.368. The number of rotatable bonds is 5. The van der Waals surface area contributed by atoms with Crippen molar-refractivity contribution in [2.75, 3.05) is 6.61 Å². The maximum Gasteiger partial charge on any atom is 0.244 e. The van der Waals surface area contributed by atoms with E-state index in [0.29, 0.717) is 29.6 Å². The van der Waals surface area contributed by atoms with E-state index >= 15 is 0 Å². The molecular formula is C19H22N4O3. The Kier molecular flexibility index (Phi) is 4.76. The van der Waals surface area contributed by atoms with Crippen LogP contribution in [0.15, 0.2) is 29.7 Å². The summed E-state index contributed by atoms with van der Waals surface area (Å²) in [5, 5.41) is 16.7. The molecule has 3 N–H and O–H groups in total. The molecule has 2 aromatic rings. The van der Waals surface area contributed by atoms with Gasteiger partial charge in [-0.25, -0.2) is 0 Å². The summed E-state index contributed by atoms with van der Waals surface area (Å²) in [5.41, 5.74) is 8.79. The van der Waals surface area contributed by atoms with Crippen LogP contribution in [0.4, 0.5) is 0 Å². The van der Waals surface area contributed by atoms with Crippen LogP contribution >= 0.6 is 0 Å². The largest absolute Gasteiger partial charge is 0.490 e. The lowest BCUT2D eigenvalue weighted by Gasteiger charge is -2.24. The number of nitrogens with zero attached hydrogens (tertiary/aromatic N) is 2. The monoisotopic (exact) mass is 354 g/mol. The molecule has 26 heavy (non-hydrogen) atoms. The maximum absolute atomic E-state index is 9.64. The fourth-order valence-electron chi connectivity index (χ4n) is 3.06. The van der Waals surface area contributed by atoms with E-state index < -0.39 is 0 Å². The highest BCUT2D eigenvalue weighted by molar-refractivity contribution is 5.57. The summed E-state index contributed by atoms with van der Waals surface area (Å²) in [5.74, 6) is 1.37. The predicted octanol–water partition coefficient (Wildman–Crippen LogP) is 3.12. The van der Waals surface area contributed by atoms with E-state index in [9.17, 15) is 5.26 Å². The standard InChI is InChI=1S/C19H22N4O3/c1-5-24-15-8-12(6-7-14(15)25-10(2)3)17-13(9-20)18(21)26-19-16(17)11(4)22-23-19/h6-8,10,17H,5,21H2,1-4H3,(H,22,23). The minimum Gasteiger partial charge on any atom is -0.490 e. The number of allylic oxidation sites excluding steroid dienone is 1. The van der Waals surface area contributed by atoms with E-state index in [0.717, 1.165) is 16.8 Å². The Labute approximate surface area is 152 Å². The lowest BCUT2D eigenvalue weighted by molar-refractivity contribution is 0.223. The van der Waals surface area contributed by atoms with Gasteiger partial charge in [-0.15, -0.1) is 5.10 Å². The van der Waals surface area contributed by atoms with E-state index in [1.54, 1.807) is 0 Å². The molecule has 3 rings (SSSR count). The van der Waals surface area contributed by atoms with Gasteiger partial charge in [0, 0.05) is 11.3 Å². The van der Waals surface area contributed by atoms with Crippen molar-refractivity contribution in [1.29, 1.82) is 5.26 Å².